The highest BCUT2D eigenvalue weighted by Gasteiger charge is 2.31. The molecule has 1 amide bonds. The van der Waals surface area contributed by atoms with Crippen molar-refractivity contribution in [1.29, 1.82) is 0 Å². The molecule has 0 spiro atoms. The molecular weight excluding hydrogens is 422 g/mol. The summed E-state index contributed by atoms with van der Waals surface area (Å²) in [5.74, 6) is 1.30. The molecule has 1 aromatic rings. The van der Waals surface area contributed by atoms with Crippen LogP contribution in [0, 0.1) is 5.92 Å². The van der Waals surface area contributed by atoms with Crippen LogP contribution in [-0.4, -0.2) is 65.3 Å². The standard InChI is InChI=1S/C21H32BrN3O3/c1-21(2,3)28-20(26)25-12-10-24(11-13-25)18-7-4-16(5-8-18)15-27-19-9-6-17(22)14-23-19/h6,9,14,16,18H,4-5,7-8,10-13,15H2,1-3H3. The highest BCUT2D eigenvalue weighted by molar-refractivity contribution is 9.10. The minimum Gasteiger partial charge on any atom is -0.477 e. The van der Waals surface area contributed by atoms with Crippen molar-refractivity contribution in [2.45, 2.75) is 58.1 Å². The van der Waals surface area contributed by atoms with Gasteiger partial charge in [0, 0.05) is 49.0 Å². The summed E-state index contributed by atoms with van der Waals surface area (Å²) in [4.78, 5) is 20.9. The van der Waals surface area contributed by atoms with E-state index in [2.05, 4.69) is 25.8 Å². The normalized spacial score (nSPS) is 24.1. The average Bonchev–Trinajstić information content (AvgIpc) is 2.67. The number of rotatable bonds is 4. The van der Waals surface area contributed by atoms with Crippen LogP contribution in [0.3, 0.4) is 0 Å². The molecule has 0 radical (unpaired) electrons. The molecule has 2 fully saturated rings. The fourth-order valence-corrected chi connectivity index (χ4v) is 4.16. The number of hydrogen-bond donors (Lipinski definition) is 0. The lowest BCUT2D eigenvalue weighted by Gasteiger charge is -2.42. The molecule has 1 aromatic heterocycles. The van der Waals surface area contributed by atoms with Gasteiger partial charge in [-0.3, -0.25) is 4.90 Å². The number of pyridine rings is 1. The molecule has 1 saturated heterocycles. The van der Waals surface area contributed by atoms with Gasteiger partial charge in [0.1, 0.15) is 5.60 Å². The van der Waals surface area contributed by atoms with Crippen LogP contribution in [0.5, 0.6) is 5.88 Å². The lowest BCUT2D eigenvalue weighted by molar-refractivity contribution is 0.00651. The summed E-state index contributed by atoms with van der Waals surface area (Å²) in [6, 6.07) is 4.48. The van der Waals surface area contributed by atoms with E-state index >= 15 is 0 Å². The fourth-order valence-electron chi connectivity index (χ4n) is 3.92. The predicted molar refractivity (Wildman–Crippen MR) is 113 cm³/mol. The summed E-state index contributed by atoms with van der Waals surface area (Å²) in [6.07, 6.45) is 6.36. The fraction of sp³-hybridized carbons (Fsp3) is 0.714. The van der Waals surface area contributed by atoms with Gasteiger partial charge in [-0.15, -0.1) is 0 Å². The second-order valence-electron chi connectivity index (χ2n) is 8.80. The van der Waals surface area contributed by atoms with Gasteiger partial charge in [-0.1, -0.05) is 0 Å². The van der Waals surface area contributed by atoms with Crippen LogP contribution in [-0.2, 0) is 4.74 Å². The molecule has 1 saturated carbocycles. The Bertz CT molecular complexity index is 631. The SMILES string of the molecule is CC(C)(C)OC(=O)N1CCN(C2CCC(COc3ccc(Br)cn3)CC2)CC1. The number of aromatic nitrogens is 1. The molecule has 2 heterocycles. The molecule has 6 nitrogen and oxygen atoms in total. The summed E-state index contributed by atoms with van der Waals surface area (Å²) in [6.45, 7) is 9.87. The smallest absolute Gasteiger partial charge is 0.410 e. The Labute approximate surface area is 176 Å². The molecule has 0 N–H and O–H groups in total. The van der Waals surface area contributed by atoms with Crippen LogP contribution in [0.15, 0.2) is 22.8 Å². The Kier molecular flexibility index (Phi) is 7.20. The van der Waals surface area contributed by atoms with Crippen LogP contribution < -0.4 is 4.74 Å². The lowest BCUT2D eigenvalue weighted by Crippen LogP contribution is -2.53. The average molecular weight is 454 g/mol. The first kappa shape index (κ1) is 21.4. The minimum atomic E-state index is -0.430. The number of carbonyl (C=O) groups is 1. The number of amides is 1. The van der Waals surface area contributed by atoms with Gasteiger partial charge in [-0.2, -0.15) is 0 Å². The molecule has 156 valence electrons. The molecular formula is C21H32BrN3O3. The van der Waals surface area contributed by atoms with Gasteiger partial charge >= 0.3 is 6.09 Å². The third-order valence-corrected chi connectivity index (χ3v) is 5.93. The Morgan fingerprint density at radius 3 is 2.39 bits per heavy atom. The zero-order valence-corrected chi connectivity index (χ0v) is 18.8. The maximum atomic E-state index is 12.2. The summed E-state index contributed by atoms with van der Waals surface area (Å²) in [7, 11) is 0. The summed E-state index contributed by atoms with van der Waals surface area (Å²) in [5.41, 5.74) is -0.430. The predicted octanol–water partition coefficient (Wildman–Crippen LogP) is 4.33. The van der Waals surface area contributed by atoms with Crippen LogP contribution >= 0.6 is 15.9 Å². The molecule has 2 aliphatic rings. The number of piperazine rings is 1. The van der Waals surface area contributed by atoms with Crippen molar-refractivity contribution in [3.8, 4) is 5.88 Å². The Balaban J connectivity index is 1.36. The van der Waals surface area contributed by atoms with Crippen molar-refractivity contribution in [2.75, 3.05) is 32.8 Å². The number of nitrogens with zero attached hydrogens (tertiary/aromatic N) is 3. The zero-order chi connectivity index (χ0) is 20.1. The van der Waals surface area contributed by atoms with Gasteiger partial charge in [0.25, 0.3) is 0 Å². The molecule has 0 bridgehead atoms. The number of carbonyl (C=O) groups excluding carboxylic acids is 1. The molecule has 0 atom stereocenters. The van der Waals surface area contributed by atoms with Gasteiger partial charge in [0.05, 0.1) is 6.61 Å². The van der Waals surface area contributed by atoms with E-state index in [4.69, 9.17) is 9.47 Å². The molecule has 1 aliphatic carbocycles. The van der Waals surface area contributed by atoms with E-state index < -0.39 is 5.60 Å². The molecule has 7 heteroatoms. The van der Waals surface area contributed by atoms with Gasteiger partial charge in [-0.05, 0) is 74.4 Å². The Morgan fingerprint density at radius 1 is 1.14 bits per heavy atom. The maximum Gasteiger partial charge on any atom is 0.410 e. The van der Waals surface area contributed by atoms with Gasteiger partial charge in [0.15, 0.2) is 0 Å². The third-order valence-electron chi connectivity index (χ3n) is 5.47. The zero-order valence-electron chi connectivity index (χ0n) is 17.2. The Hall–Kier alpha value is -1.34. The summed E-state index contributed by atoms with van der Waals surface area (Å²) >= 11 is 3.39. The largest absolute Gasteiger partial charge is 0.477 e. The number of halogens is 1. The van der Waals surface area contributed by atoms with E-state index in [9.17, 15) is 4.79 Å². The molecule has 1 aliphatic heterocycles. The number of ether oxygens (including phenoxy) is 2. The first-order valence-electron chi connectivity index (χ1n) is 10.3. The van der Waals surface area contributed by atoms with Crippen molar-refractivity contribution in [2.24, 2.45) is 5.92 Å². The molecule has 3 rings (SSSR count). The topological polar surface area (TPSA) is 54.9 Å². The van der Waals surface area contributed by atoms with Gasteiger partial charge in [0.2, 0.25) is 5.88 Å². The number of hydrogen-bond acceptors (Lipinski definition) is 5. The van der Waals surface area contributed by atoms with E-state index in [-0.39, 0.29) is 6.09 Å². The van der Waals surface area contributed by atoms with E-state index in [1.165, 1.54) is 25.7 Å². The monoisotopic (exact) mass is 453 g/mol. The summed E-state index contributed by atoms with van der Waals surface area (Å²) in [5, 5.41) is 0. The lowest BCUT2D eigenvalue weighted by atomic mass is 9.85. The first-order valence-corrected chi connectivity index (χ1v) is 11.1. The van der Waals surface area contributed by atoms with Crippen LogP contribution in [0.2, 0.25) is 0 Å². The highest BCUT2D eigenvalue weighted by Crippen LogP contribution is 2.29. The highest BCUT2D eigenvalue weighted by atomic mass is 79.9. The second kappa shape index (κ2) is 9.44. The van der Waals surface area contributed by atoms with E-state index in [1.807, 2.05) is 37.8 Å². The van der Waals surface area contributed by atoms with Crippen molar-refractivity contribution >= 4 is 22.0 Å². The van der Waals surface area contributed by atoms with E-state index in [0.717, 1.165) is 37.3 Å². The van der Waals surface area contributed by atoms with Crippen molar-refractivity contribution in [3.05, 3.63) is 22.8 Å². The van der Waals surface area contributed by atoms with Crippen molar-refractivity contribution < 1.29 is 14.3 Å². The van der Waals surface area contributed by atoms with E-state index in [0.29, 0.717) is 17.8 Å². The van der Waals surface area contributed by atoms with Gasteiger partial charge < -0.3 is 14.4 Å². The Morgan fingerprint density at radius 2 is 1.82 bits per heavy atom. The van der Waals surface area contributed by atoms with E-state index in [1.54, 1.807) is 6.20 Å². The minimum absolute atomic E-state index is 0.186. The molecule has 28 heavy (non-hydrogen) atoms. The van der Waals surface area contributed by atoms with Crippen LogP contribution in [0.25, 0.3) is 0 Å². The van der Waals surface area contributed by atoms with Crippen LogP contribution in [0.4, 0.5) is 4.79 Å². The van der Waals surface area contributed by atoms with Crippen molar-refractivity contribution in [3.63, 3.8) is 0 Å². The third kappa shape index (κ3) is 6.34. The summed E-state index contributed by atoms with van der Waals surface area (Å²) < 4.78 is 12.3. The molecule has 0 aromatic carbocycles. The van der Waals surface area contributed by atoms with Gasteiger partial charge in [-0.25, -0.2) is 9.78 Å². The maximum absolute atomic E-state index is 12.2. The second-order valence-corrected chi connectivity index (χ2v) is 9.72. The van der Waals surface area contributed by atoms with Crippen LogP contribution in [0.1, 0.15) is 46.5 Å². The quantitative estimate of drug-likeness (QED) is 0.678. The first-order chi connectivity index (χ1) is 13.3. The molecule has 0 unspecified atom stereocenters. The van der Waals surface area contributed by atoms with Crippen molar-refractivity contribution in [1.82, 2.24) is 14.8 Å².